The Kier molecular flexibility index (Phi) is 7.28. The molecule has 204 valence electrons. The zero-order valence-electron chi connectivity index (χ0n) is 22.1. The fourth-order valence-electron chi connectivity index (χ4n) is 4.70. The normalized spacial score (nSPS) is 13.3. The summed E-state index contributed by atoms with van der Waals surface area (Å²) in [5.74, 6) is -0.504. The first-order chi connectivity index (χ1) is 19.2. The molecule has 0 atom stereocenters. The molecule has 2 aromatic heterocycles. The maximum absolute atomic E-state index is 15.1. The standard InChI is InChI=1S/C29H28FN7O3/c1-4-26(39)32-20-7-5-6-19(14-20)22-16-27(40)35(3)25-17-31-29(34-28(22)25)33-21-8-9-24(23(30)15-21)37-12-10-36(11-13-37)18(2)38/h4-9,14-17H,1,10-13H2,2-3H3,(H,32,39)(H,31,33,34). The monoisotopic (exact) mass is 541 g/mol. The number of aryl methyl sites for hydroxylation is 1. The Bertz CT molecular complexity index is 1690. The zero-order valence-corrected chi connectivity index (χ0v) is 22.1. The van der Waals surface area contributed by atoms with Gasteiger partial charge in [0, 0.05) is 63.2 Å². The average Bonchev–Trinajstić information content (AvgIpc) is 2.95. The second-order valence-electron chi connectivity index (χ2n) is 9.44. The smallest absolute Gasteiger partial charge is 0.251 e. The maximum Gasteiger partial charge on any atom is 0.251 e. The molecule has 2 aromatic carbocycles. The summed E-state index contributed by atoms with van der Waals surface area (Å²) in [5.41, 5.74) is 3.49. The van der Waals surface area contributed by atoms with Gasteiger partial charge in [-0.25, -0.2) is 14.4 Å². The quantitative estimate of drug-likeness (QED) is 0.358. The van der Waals surface area contributed by atoms with E-state index < -0.39 is 5.82 Å². The predicted molar refractivity (Wildman–Crippen MR) is 153 cm³/mol. The lowest BCUT2D eigenvalue weighted by Gasteiger charge is -2.35. The van der Waals surface area contributed by atoms with Gasteiger partial charge in [-0.1, -0.05) is 18.7 Å². The number of fused-ring (bicyclic) bond motifs is 1. The molecular weight excluding hydrogens is 513 g/mol. The Hall–Kier alpha value is -5.06. The summed E-state index contributed by atoms with van der Waals surface area (Å²) < 4.78 is 16.6. The second kappa shape index (κ2) is 11.0. The minimum atomic E-state index is -0.400. The van der Waals surface area contributed by atoms with Crippen LogP contribution in [0.2, 0.25) is 0 Å². The Balaban J connectivity index is 1.44. The van der Waals surface area contributed by atoms with E-state index in [4.69, 9.17) is 0 Å². The van der Waals surface area contributed by atoms with Crippen molar-refractivity contribution < 1.29 is 14.0 Å². The van der Waals surface area contributed by atoms with Crippen molar-refractivity contribution in [2.75, 3.05) is 41.7 Å². The number of amides is 2. The highest BCUT2D eigenvalue weighted by Crippen LogP contribution is 2.29. The molecule has 1 aliphatic heterocycles. The number of hydrogen-bond donors (Lipinski definition) is 2. The molecule has 5 rings (SSSR count). The number of rotatable bonds is 6. The molecule has 2 amide bonds. The summed E-state index contributed by atoms with van der Waals surface area (Å²) in [4.78, 5) is 48.8. The number of benzene rings is 2. The molecule has 11 heteroatoms. The molecular formula is C29H28FN7O3. The summed E-state index contributed by atoms with van der Waals surface area (Å²) in [6.45, 7) is 7.21. The number of carbonyl (C=O) groups excluding carboxylic acids is 2. The van der Waals surface area contributed by atoms with Gasteiger partial charge in [-0.15, -0.1) is 0 Å². The minimum absolute atomic E-state index is 0.0189. The molecule has 1 aliphatic rings. The van der Waals surface area contributed by atoms with Crippen molar-refractivity contribution >= 4 is 45.9 Å². The fraction of sp³-hybridized carbons (Fsp3) is 0.207. The number of piperazine rings is 1. The first-order valence-electron chi connectivity index (χ1n) is 12.7. The summed E-state index contributed by atoms with van der Waals surface area (Å²) in [6, 6.07) is 13.4. The van der Waals surface area contributed by atoms with Gasteiger partial charge in [0.2, 0.25) is 17.8 Å². The van der Waals surface area contributed by atoms with E-state index in [1.807, 2.05) is 11.0 Å². The largest absolute Gasteiger partial charge is 0.366 e. The van der Waals surface area contributed by atoms with E-state index in [2.05, 4.69) is 27.2 Å². The van der Waals surface area contributed by atoms with E-state index in [0.29, 0.717) is 65.4 Å². The number of nitrogens with one attached hydrogen (secondary N) is 2. The SMILES string of the molecule is C=CC(=O)Nc1cccc(-c2cc(=O)n(C)c3cnc(Nc4ccc(N5CCN(C(C)=O)CC5)c(F)c4)nc23)c1. The predicted octanol–water partition coefficient (Wildman–Crippen LogP) is 3.67. The Morgan fingerprint density at radius 2 is 1.82 bits per heavy atom. The lowest BCUT2D eigenvalue weighted by molar-refractivity contribution is -0.129. The van der Waals surface area contributed by atoms with E-state index >= 15 is 4.39 Å². The highest BCUT2D eigenvalue weighted by Gasteiger charge is 2.21. The van der Waals surface area contributed by atoms with Crippen LogP contribution in [0, 0.1) is 5.82 Å². The van der Waals surface area contributed by atoms with Gasteiger partial charge in [-0.2, -0.15) is 0 Å². The average molecular weight is 542 g/mol. The molecule has 1 saturated heterocycles. The Morgan fingerprint density at radius 1 is 1.05 bits per heavy atom. The Labute approximate surface area is 229 Å². The van der Waals surface area contributed by atoms with E-state index in [1.165, 1.54) is 35.9 Å². The van der Waals surface area contributed by atoms with E-state index in [9.17, 15) is 14.4 Å². The highest BCUT2D eigenvalue weighted by atomic mass is 19.1. The van der Waals surface area contributed by atoms with Crippen molar-refractivity contribution in [3.63, 3.8) is 0 Å². The van der Waals surface area contributed by atoms with E-state index in [-0.39, 0.29) is 23.3 Å². The lowest BCUT2D eigenvalue weighted by Crippen LogP contribution is -2.48. The molecule has 40 heavy (non-hydrogen) atoms. The summed E-state index contributed by atoms with van der Waals surface area (Å²) >= 11 is 0. The van der Waals surface area contributed by atoms with Gasteiger partial charge in [-0.05, 0) is 42.0 Å². The maximum atomic E-state index is 15.1. The van der Waals surface area contributed by atoms with Crippen molar-refractivity contribution in [2.45, 2.75) is 6.92 Å². The minimum Gasteiger partial charge on any atom is -0.366 e. The third-order valence-electron chi connectivity index (χ3n) is 6.88. The van der Waals surface area contributed by atoms with Crippen LogP contribution in [-0.4, -0.2) is 57.4 Å². The van der Waals surface area contributed by atoms with E-state index in [0.717, 1.165) is 0 Å². The van der Waals surface area contributed by atoms with Crippen molar-refractivity contribution in [3.05, 3.63) is 83.6 Å². The fourth-order valence-corrected chi connectivity index (χ4v) is 4.70. The molecule has 4 aromatic rings. The van der Waals surface area contributed by atoms with Gasteiger partial charge >= 0.3 is 0 Å². The van der Waals surface area contributed by atoms with Crippen LogP contribution in [0.5, 0.6) is 0 Å². The summed E-state index contributed by atoms with van der Waals surface area (Å²) in [5, 5.41) is 5.78. The number of anilines is 4. The van der Waals surface area contributed by atoms with Gasteiger partial charge in [0.25, 0.3) is 5.56 Å². The molecule has 0 radical (unpaired) electrons. The van der Waals surface area contributed by atoms with Crippen LogP contribution in [-0.2, 0) is 16.6 Å². The van der Waals surface area contributed by atoms with Crippen molar-refractivity contribution in [1.29, 1.82) is 0 Å². The number of carbonyl (C=O) groups is 2. The number of nitrogens with zero attached hydrogens (tertiary/aromatic N) is 5. The van der Waals surface area contributed by atoms with Crippen LogP contribution in [0.3, 0.4) is 0 Å². The van der Waals surface area contributed by atoms with Gasteiger partial charge in [0.05, 0.1) is 17.4 Å². The van der Waals surface area contributed by atoms with Gasteiger partial charge in [0.1, 0.15) is 11.3 Å². The van der Waals surface area contributed by atoms with Gasteiger partial charge < -0.3 is 25.0 Å². The van der Waals surface area contributed by atoms with Crippen LogP contribution in [0.15, 0.2) is 72.2 Å². The van der Waals surface area contributed by atoms with E-state index in [1.54, 1.807) is 42.3 Å². The highest BCUT2D eigenvalue weighted by molar-refractivity contribution is 6.00. The van der Waals surface area contributed by atoms with Crippen LogP contribution < -0.4 is 21.1 Å². The molecule has 0 unspecified atom stereocenters. The Morgan fingerprint density at radius 3 is 2.52 bits per heavy atom. The number of hydrogen-bond acceptors (Lipinski definition) is 7. The third-order valence-corrected chi connectivity index (χ3v) is 6.88. The molecule has 3 heterocycles. The second-order valence-corrected chi connectivity index (χ2v) is 9.44. The van der Waals surface area contributed by atoms with Crippen LogP contribution in [0.25, 0.3) is 22.2 Å². The molecule has 0 saturated carbocycles. The topological polar surface area (TPSA) is 112 Å². The van der Waals surface area contributed by atoms with Crippen molar-refractivity contribution in [3.8, 4) is 11.1 Å². The first-order valence-corrected chi connectivity index (χ1v) is 12.7. The van der Waals surface area contributed by atoms with Gasteiger partial charge in [0.15, 0.2) is 0 Å². The molecule has 0 spiro atoms. The third kappa shape index (κ3) is 5.39. The first kappa shape index (κ1) is 26.5. The summed E-state index contributed by atoms with van der Waals surface area (Å²) in [6.07, 6.45) is 2.72. The van der Waals surface area contributed by atoms with Gasteiger partial charge in [-0.3, -0.25) is 14.4 Å². The lowest BCUT2D eigenvalue weighted by atomic mass is 10.0. The summed E-state index contributed by atoms with van der Waals surface area (Å²) in [7, 11) is 1.63. The van der Waals surface area contributed by atoms with Crippen LogP contribution in [0.4, 0.5) is 27.4 Å². The number of halogens is 1. The van der Waals surface area contributed by atoms with Crippen molar-refractivity contribution in [2.24, 2.45) is 7.05 Å². The number of pyridine rings is 1. The molecule has 1 fully saturated rings. The molecule has 0 aliphatic carbocycles. The zero-order chi connectivity index (χ0) is 28.4. The molecule has 0 bridgehead atoms. The molecule has 2 N–H and O–H groups in total. The molecule has 10 nitrogen and oxygen atoms in total. The van der Waals surface area contributed by atoms with Crippen LogP contribution in [0.1, 0.15) is 6.92 Å². The number of aromatic nitrogens is 3. The van der Waals surface area contributed by atoms with Crippen LogP contribution >= 0.6 is 0 Å². The van der Waals surface area contributed by atoms with Crippen molar-refractivity contribution in [1.82, 2.24) is 19.4 Å².